The number of hydrogen-bond acceptors (Lipinski definition) is 2. The van der Waals surface area contributed by atoms with E-state index in [1.165, 1.54) is 5.56 Å². The molecule has 0 aliphatic heterocycles. The molecular formula is C11H17NO. The average Bonchev–Trinajstić information content (AvgIpc) is 2.18. The van der Waals surface area contributed by atoms with Crippen LogP contribution in [0.5, 0.6) is 5.75 Å². The lowest BCUT2D eigenvalue weighted by Gasteiger charge is -2.12. The molecule has 0 aromatic heterocycles. The molecule has 13 heavy (non-hydrogen) atoms. The zero-order valence-corrected chi connectivity index (χ0v) is 8.29. The van der Waals surface area contributed by atoms with Crippen molar-refractivity contribution >= 4 is 0 Å². The van der Waals surface area contributed by atoms with Crippen LogP contribution in [-0.4, -0.2) is 6.23 Å². The molecule has 1 rings (SSSR count). The van der Waals surface area contributed by atoms with E-state index in [4.69, 9.17) is 10.5 Å². The summed E-state index contributed by atoms with van der Waals surface area (Å²) < 4.78 is 5.48. The van der Waals surface area contributed by atoms with Crippen molar-refractivity contribution in [3.63, 3.8) is 0 Å². The normalized spacial score (nSPS) is 12.5. The highest BCUT2D eigenvalue weighted by Crippen LogP contribution is 2.14. The molecule has 0 bridgehead atoms. The monoisotopic (exact) mass is 179 g/mol. The van der Waals surface area contributed by atoms with Gasteiger partial charge in [-0.2, -0.15) is 0 Å². The third-order valence-electron chi connectivity index (χ3n) is 2.00. The van der Waals surface area contributed by atoms with Crippen LogP contribution in [0.4, 0.5) is 0 Å². The minimum Gasteiger partial charge on any atom is -0.476 e. The Labute approximate surface area is 79.7 Å². The summed E-state index contributed by atoms with van der Waals surface area (Å²) in [5, 5.41) is 0. The van der Waals surface area contributed by atoms with Gasteiger partial charge in [0.25, 0.3) is 0 Å². The van der Waals surface area contributed by atoms with Crippen molar-refractivity contribution in [1.82, 2.24) is 0 Å². The van der Waals surface area contributed by atoms with Crippen LogP contribution in [0.15, 0.2) is 24.3 Å². The van der Waals surface area contributed by atoms with Crippen LogP contribution in [0.2, 0.25) is 0 Å². The molecule has 1 unspecified atom stereocenters. The van der Waals surface area contributed by atoms with E-state index < -0.39 is 0 Å². The molecule has 0 aliphatic rings. The first-order valence-electron chi connectivity index (χ1n) is 4.77. The Morgan fingerprint density at radius 2 is 2.15 bits per heavy atom. The fourth-order valence-corrected chi connectivity index (χ4v) is 1.10. The van der Waals surface area contributed by atoms with E-state index in [0.29, 0.717) is 0 Å². The van der Waals surface area contributed by atoms with E-state index in [0.717, 1.165) is 18.6 Å². The maximum atomic E-state index is 5.67. The molecule has 0 spiro atoms. The lowest BCUT2D eigenvalue weighted by atomic mass is 10.2. The second kappa shape index (κ2) is 4.87. The molecule has 0 saturated heterocycles. The van der Waals surface area contributed by atoms with Crippen molar-refractivity contribution in [3.8, 4) is 5.75 Å². The molecule has 0 amide bonds. The zero-order valence-electron chi connectivity index (χ0n) is 8.29. The molecular weight excluding hydrogens is 162 g/mol. The first-order valence-corrected chi connectivity index (χ1v) is 4.77. The molecule has 0 saturated carbocycles. The van der Waals surface area contributed by atoms with Gasteiger partial charge in [-0.25, -0.2) is 0 Å². The summed E-state index contributed by atoms with van der Waals surface area (Å²) in [6.45, 7) is 4.13. The van der Waals surface area contributed by atoms with Crippen LogP contribution in [0.1, 0.15) is 25.8 Å². The van der Waals surface area contributed by atoms with Crippen LogP contribution in [0, 0.1) is 0 Å². The molecule has 2 heteroatoms. The summed E-state index contributed by atoms with van der Waals surface area (Å²) in [5.74, 6) is 0.869. The van der Waals surface area contributed by atoms with Gasteiger partial charge in [-0.1, -0.05) is 26.0 Å². The van der Waals surface area contributed by atoms with E-state index >= 15 is 0 Å². The highest BCUT2D eigenvalue weighted by Gasteiger charge is 2.00. The summed E-state index contributed by atoms with van der Waals surface area (Å²) in [6.07, 6.45) is 1.67. The zero-order chi connectivity index (χ0) is 9.68. The fraction of sp³-hybridized carbons (Fsp3) is 0.455. The summed E-state index contributed by atoms with van der Waals surface area (Å²) in [6, 6.07) is 8.06. The summed E-state index contributed by atoms with van der Waals surface area (Å²) in [7, 11) is 0. The van der Waals surface area contributed by atoms with Gasteiger partial charge >= 0.3 is 0 Å². The van der Waals surface area contributed by atoms with E-state index in [2.05, 4.69) is 13.0 Å². The maximum Gasteiger partial charge on any atom is 0.147 e. The number of benzene rings is 1. The Morgan fingerprint density at radius 3 is 2.77 bits per heavy atom. The van der Waals surface area contributed by atoms with Crippen molar-refractivity contribution in [3.05, 3.63) is 29.8 Å². The molecule has 2 N–H and O–H groups in total. The number of ether oxygens (including phenoxy) is 1. The quantitative estimate of drug-likeness (QED) is 0.720. The number of aryl methyl sites for hydroxylation is 1. The standard InChI is InChI=1S/C11H17NO/c1-3-9-6-5-7-10(8-9)13-11(12)4-2/h5-8,11H,3-4,12H2,1-2H3. The lowest BCUT2D eigenvalue weighted by molar-refractivity contribution is 0.205. The third kappa shape index (κ3) is 3.07. The van der Waals surface area contributed by atoms with Gasteiger partial charge in [-0.15, -0.1) is 0 Å². The Balaban J connectivity index is 2.66. The highest BCUT2D eigenvalue weighted by molar-refractivity contribution is 5.28. The van der Waals surface area contributed by atoms with Gasteiger partial charge in [0.05, 0.1) is 0 Å². The number of nitrogens with two attached hydrogens (primary N) is 1. The molecule has 0 heterocycles. The van der Waals surface area contributed by atoms with Gasteiger partial charge in [0.15, 0.2) is 0 Å². The van der Waals surface area contributed by atoms with Crippen molar-refractivity contribution in [2.75, 3.05) is 0 Å². The fourth-order valence-electron chi connectivity index (χ4n) is 1.10. The predicted octanol–water partition coefficient (Wildman–Crippen LogP) is 2.32. The number of hydrogen-bond donors (Lipinski definition) is 1. The van der Waals surface area contributed by atoms with Gasteiger partial charge in [0.2, 0.25) is 0 Å². The molecule has 0 aliphatic carbocycles. The molecule has 0 fully saturated rings. The number of rotatable bonds is 4. The summed E-state index contributed by atoms with van der Waals surface area (Å²) in [5.41, 5.74) is 6.95. The van der Waals surface area contributed by atoms with E-state index in [1.807, 2.05) is 25.1 Å². The third-order valence-corrected chi connectivity index (χ3v) is 2.00. The highest BCUT2D eigenvalue weighted by atomic mass is 16.5. The Morgan fingerprint density at radius 1 is 1.38 bits per heavy atom. The molecule has 0 radical (unpaired) electrons. The van der Waals surface area contributed by atoms with Gasteiger partial charge in [-0.05, 0) is 30.5 Å². The van der Waals surface area contributed by atoms with E-state index in [-0.39, 0.29) is 6.23 Å². The van der Waals surface area contributed by atoms with Crippen LogP contribution in [0.25, 0.3) is 0 Å². The Kier molecular flexibility index (Phi) is 3.77. The lowest BCUT2D eigenvalue weighted by Crippen LogP contribution is -2.25. The van der Waals surface area contributed by atoms with E-state index in [1.54, 1.807) is 0 Å². The first-order chi connectivity index (χ1) is 6.26. The van der Waals surface area contributed by atoms with E-state index in [9.17, 15) is 0 Å². The predicted molar refractivity (Wildman–Crippen MR) is 54.7 cm³/mol. The van der Waals surface area contributed by atoms with Gasteiger partial charge in [0, 0.05) is 0 Å². The van der Waals surface area contributed by atoms with Gasteiger partial charge in [0.1, 0.15) is 12.0 Å². The van der Waals surface area contributed by atoms with Crippen molar-refractivity contribution in [1.29, 1.82) is 0 Å². The Hall–Kier alpha value is -1.02. The van der Waals surface area contributed by atoms with Crippen LogP contribution < -0.4 is 10.5 Å². The SMILES string of the molecule is CCc1cccc(OC(N)CC)c1. The molecule has 1 aromatic rings. The van der Waals surface area contributed by atoms with Crippen LogP contribution in [0.3, 0.4) is 0 Å². The van der Waals surface area contributed by atoms with Crippen molar-refractivity contribution in [2.45, 2.75) is 32.9 Å². The average molecular weight is 179 g/mol. The molecule has 1 aromatic carbocycles. The largest absolute Gasteiger partial charge is 0.476 e. The van der Waals surface area contributed by atoms with Gasteiger partial charge < -0.3 is 4.74 Å². The molecule has 1 atom stereocenters. The van der Waals surface area contributed by atoms with Gasteiger partial charge in [-0.3, -0.25) is 5.73 Å². The van der Waals surface area contributed by atoms with Crippen molar-refractivity contribution < 1.29 is 4.74 Å². The molecule has 2 nitrogen and oxygen atoms in total. The minimum absolute atomic E-state index is 0.188. The summed E-state index contributed by atoms with van der Waals surface area (Å²) >= 11 is 0. The first kappa shape index (κ1) is 10.1. The second-order valence-corrected chi connectivity index (χ2v) is 3.07. The second-order valence-electron chi connectivity index (χ2n) is 3.07. The molecule has 72 valence electrons. The van der Waals surface area contributed by atoms with Crippen LogP contribution in [-0.2, 0) is 6.42 Å². The van der Waals surface area contributed by atoms with Crippen LogP contribution >= 0.6 is 0 Å². The Bertz CT molecular complexity index is 260. The van der Waals surface area contributed by atoms with Crippen molar-refractivity contribution in [2.24, 2.45) is 5.73 Å². The smallest absolute Gasteiger partial charge is 0.147 e. The summed E-state index contributed by atoms with van der Waals surface area (Å²) in [4.78, 5) is 0. The minimum atomic E-state index is -0.188. The topological polar surface area (TPSA) is 35.2 Å². The maximum absolute atomic E-state index is 5.67.